The summed E-state index contributed by atoms with van der Waals surface area (Å²) in [5, 5.41) is 3.34. The Morgan fingerprint density at radius 3 is 2.60 bits per heavy atom. The Hall–Kier alpha value is -1.36. The van der Waals surface area contributed by atoms with Gasteiger partial charge in [0.2, 0.25) is 10.0 Å². The van der Waals surface area contributed by atoms with E-state index in [1.807, 2.05) is 0 Å². The van der Waals surface area contributed by atoms with Gasteiger partial charge in [-0.05, 0) is 65.2 Å². The lowest BCUT2D eigenvalue weighted by Crippen LogP contribution is -2.31. The molecule has 1 fully saturated rings. The average Bonchev–Trinajstić information content (AvgIpc) is 3.20. The van der Waals surface area contributed by atoms with Crippen LogP contribution < -0.4 is 14.8 Å². The minimum atomic E-state index is -3.65. The molecule has 0 radical (unpaired) electrons. The highest BCUT2D eigenvalue weighted by atomic mass is 79.9. The highest BCUT2D eigenvalue weighted by Gasteiger charge is 2.20. The van der Waals surface area contributed by atoms with E-state index in [0.717, 1.165) is 12.8 Å². The van der Waals surface area contributed by atoms with Crippen LogP contribution in [0.3, 0.4) is 0 Å². The molecule has 1 unspecified atom stereocenters. The number of carbonyl (C=O) groups is 1. The average molecular weight is 538 g/mol. The van der Waals surface area contributed by atoms with Crippen LogP contribution >= 0.6 is 39.1 Å². The first-order chi connectivity index (χ1) is 14.2. The summed E-state index contributed by atoms with van der Waals surface area (Å²) >= 11 is 15.2. The topological polar surface area (TPSA) is 93.7 Å². The first-order valence-electron chi connectivity index (χ1n) is 9.03. The lowest BCUT2D eigenvalue weighted by molar-refractivity contribution is -0.118. The molecule has 1 heterocycles. The van der Waals surface area contributed by atoms with E-state index in [1.54, 1.807) is 6.07 Å². The maximum Gasteiger partial charge on any atom is 0.262 e. The van der Waals surface area contributed by atoms with Gasteiger partial charge in [-0.15, -0.1) is 0 Å². The van der Waals surface area contributed by atoms with Gasteiger partial charge in [-0.2, -0.15) is 0 Å². The lowest BCUT2D eigenvalue weighted by Gasteiger charge is -2.12. The van der Waals surface area contributed by atoms with Crippen molar-refractivity contribution in [2.45, 2.75) is 23.8 Å². The number of nitrogens with one attached hydrogen (secondary N) is 2. The van der Waals surface area contributed by atoms with Crippen LogP contribution in [0.4, 0.5) is 5.69 Å². The molecule has 0 spiro atoms. The molecule has 3 rings (SSSR count). The van der Waals surface area contributed by atoms with Crippen LogP contribution in [0.1, 0.15) is 12.8 Å². The molecule has 7 nitrogen and oxygen atoms in total. The third-order valence-electron chi connectivity index (χ3n) is 4.28. The second-order valence-electron chi connectivity index (χ2n) is 6.55. The van der Waals surface area contributed by atoms with E-state index >= 15 is 0 Å². The lowest BCUT2D eigenvalue weighted by atomic mass is 10.2. The molecule has 2 aromatic rings. The predicted octanol–water partition coefficient (Wildman–Crippen LogP) is 4.23. The third kappa shape index (κ3) is 6.32. The van der Waals surface area contributed by atoms with Gasteiger partial charge in [-0.3, -0.25) is 4.79 Å². The molecule has 1 atom stereocenters. The summed E-state index contributed by atoms with van der Waals surface area (Å²) in [5.74, 6) is -0.130. The van der Waals surface area contributed by atoms with Gasteiger partial charge in [0.1, 0.15) is 0 Å². The van der Waals surface area contributed by atoms with E-state index in [1.165, 1.54) is 30.3 Å². The molecule has 1 aliphatic rings. The Kier molecular flexibility index (Phi) is 8.00. The van der Waals surface area contributed by atoms with Crippen molar-refractivity contribution < 1.29 is 22.7 Å². The van der Waals surface area contributed by atoms with Crippen molar-refractivity contribution in [2.75, 3.05) is 25.1 Å². The van der Waals surface area contributed by atoms with E-state index in [4.69, 9.17) is 32.7 Å². The fraction of sp³-hybridized carbons (Fsp3) is 0.316. The number of ether oxygens (including phenoxy) is 2. The number of carbonyl (C=O) groups excluding carboxylic acids is 1. The van der Waals surface area contributed by atoms with E-state index in [2.05, 4.69) is 26.0 Å². The molecule has 1 aliphatic heterocycles. The van der Waals surface area contributed by atoms with Gasteiger partial charge in [0.05, 0.1) is 20.5 Å². The Morgan fingerprint density at radius 2 is 1.97 bits per heavy atom. The first-order valence-corrected chi connectivity index (χ1v) is 12.1. The Balaban J connectivity index is 1.54. The highest BCUT2D eigenvalue weighted by Crippen LogP contribution is 2.36. The van der Waals surface area contributed by atoms with Crippen molar-refractivity contribution >= 4 is 60.7 Å². The summed E-state index contributed by atoms with van der Waals surface area (Å²) in [6.07, 6.45) is 1.69. The minimum Gasteiger partial charge on any atom is -0.481 e. The standard InChI is InChI=1S/C19H19BrCl2N2O5S/c20-16-8-12(21)9-17(22)19(16)29-11-18(25)24-13-3-5-15(6-4-13)30(26,27)23-10-14-2-1-7-28-14/h3-6,8-9,14,23H,1-2,7,10-11H2,(H,24,25). The number of benzene rings is 2. The first kappa shape index (κ1) is 23.3. The van der Waals surface area contributed by atoms with E-state index < -0.39 is 15.9 Å². The summed E-state index contributed by atoms with van der Waals surface area (Å²) in [6.45, 7) is 0.607. The monoisotopic (exact) mass is 536 g/mol. The van der Waals surface area contributed by atoms with Gasteiger partial charge < -0.3 is 14.8 Å². The van der Waals surface area contributed by atoms with Gasteiger partial charge in [0, 0.05) is 23.9 Å². The molecule has 30 heavy (non-hydrogen) atoms. The molecule has 0 saturated carbocycles. The predicted molar refractivity (Wildman–Crippen MR) is 119 cm³/mol. The van der Waals surface area contributed by atoms with Crippen LogP contribution in [-0.2, 0) is 19.6 Å². The SMILES string of the molecule is O=C(COc1c(Cl)cc(Cl)cc1Br)Nc1ccc(S(=O)(=O)NCC2CCCO2)cc1. The molecular weight excluding hydrogens is 519 g/mol. The van der Waals surface area contributed by atoms with E-state index in [9.17, 15) is 13.2 Å². The van der Waals surface area contributed by atoms with E-state index in [-0.39, 0.29) is 29.2 Å². The molecule has 1 amide bonds. The van der Waals surface area contributed by atoms with Crippen molar-refractivity contribution in [3.05, 3.63) is 50.9 Å². The summed E-state index contributed by atoms with van der Waals surface area (Å²) in [6, 6.07) is 8.95. The van der Waals surface area contributed by atoms with Crippen molar-refractivity contribution in [2.24, 2.45) is 0 Å². The number of halogens is 3. The molecule has 162 valence electrons. The molecule has 2 N–H and O–H groups in total. The molecular formula is C19H19BrCl2N2O5S. The van der Waals surface area contributed by atoms with E-state index in [0.29, 0.717) is 27.5 Å². The summed E-state index contributed by atoms with van der Waals surface area (Å²) in [5.41, 5.74) is 0.433. The number of rotatable bonds is 8. The fourth-order valence-corrected chi connectivity index (χ4v) is 5.25. The molecule has 0 bridgehead atoms. The van der Waals surface area contributed by atoms with Crippen molar-refractivity contribution in [1.29, 1.82) is 0 Å². The molecule has 0 aliphatic carbocycles. The maximum absolute atomic E-state index is 12.4. The summed E-state index contributed by atoms with van der Waals surface area (Å²) < 4.78 is 38.7. The summed E-state index contributed by atoms with van der Waals surface area (Å²) in [7, 11) is -3.65. The van der Waals surface area contributed by atoms with Crippen LogP contribution in [0, 0.1) is 0 Å². The molecule has 2 aromatic carbocycles. The molecule has 0 aromatic heterocycles. The Labute approximate surface area is 193 Å². The fourth-order valence-electron chi connectivity index (χ4n) is 2.81. The highest BCUT2D eigenvalue weighted by molar-refractivity contribution is 9.10. The minimum absolute atomic E-state index is 0.0903. The quantitative estimate of drug-likeness (QED) is 0.525. The number of amides is 1. The summed E-state index contributed by atoms with van der Waals surface area (Å²) in [4.78, 5) is 12.2. The Bertz CT molecular complexity index is 989. The zero-order valence-electron chi connectivity index (χ0n) is 15.7. The van der Waals surface area contributed by atoms with Crippen LogP contribution in [0.15, 0.2) is 45.8 Å². The Morgan fingerprint density at radius 1 is 1.23 bits per heavy atom. The largest absolute Gasteiger partial charge is 0.481 e. The van der Waals surface area contributed by atoms with Crippen LogP contribution in [-0.4, -0.2) is 40.2 Å². The zero-order valence-corrected chi connectivity index (χ0v) is 19.6. The molecule has 1 saturated heterocycles. The van der Waals surface area contributed by atoms with Gasteiger partial charge >= 0.3 is 0 Å². The third-order valence-corrected chi connectivity index (χ3v) is 6.81. The number of hydrogen-bond donors (Lipinski definition) is 2. The smallest absolute Gasteiger partial charge is 0.262 e. The van der Waals surface area contributed by atoms with Crippen LogP contribution in [0.2, 0.25) is 10.0 Å². The van der Waals surface area contributed by atoms with Crippen LogP contribution in [0.25, 0.3) is 0 Å². The van der Waals surface area contributed by atoms with Crippen molar-refractivity contribution in [3.63, 3.8) is 0 Å². The van der Waals surface area contributed by atoms with Crippen molar-refractivity contribution in [1.82, 2.24) is 4.72 Å². The maximum atomic E-state index is 12.4. The number of anilines is 1. The van der Waals surface area contributed by atoms with Crippen LogP contribution in [0.5, 0.6) is 5.75 Å². The zero-order chi connectivity index (χ0) is 21.7. The number of hydrogen-bond acceptors (Lipinski definition) is 5. The van der Waals surface area contributed by atoms with Gasteiger partial charge in [-0.1, -0.05) is 23.2 Å². The number of sulfonamides is 1. The van der Waals surface area contributed by atoms with Gasteiger partial charge in [-0.25, -0.2) is 13.1 Å². The van der Waals surface area contributed by atoms with Gasteiger partial charge in [0.25, 0.3) is 5.91 Å². The second-order valence-corrected chi connectivity index (χ2v) is 10.0. The second kappa shape index (κ2) is 10.3. The normalized spacial score (nSPS) is 16.4. The molecule has 11 heteroatoms. The van der Waals surface area contributed by atoms with Crippen molar-refractivity contribution in [3.8, 4) is 5.75 Å². The van der Waals surface area contributed by atoms with Gasteiger partial charge in [0.15, 0.2) is 12.4 Å².